The zero-order valence-corrected chi connectivity index (χ0v) is 23.6. The normalized spacial score (nSPS) is 10.2. The van der Waals surface area contributed by atoms with Gasteiger partial charge in [0, 0.05) is 66.2 Å². The molecule has 0 aromatic carbocycles. The van der Waals surface area contributed by atoms with Gasteiger partial charge in [-0.05, 0) is 7.05 Å². The Morgan fingerprint density at radius 3 is 1.38 bits per heavy atom. The maximum Gasteiger partial charge on any atom is 0.317 e. The van der Waals surface area contributed by atoms with Gasteiger partial charge in [0.1, 0.15) is 0 Å². The second-order valence-electron chi connectivity index (χ2n) is 8.28. The number of carboxylic acids is 3. The van der Waals surface area contributed by atoms with Crippen molar-refractivity contribution in [3.8, 4) is 0 Å². The number of hydrogen-bond donors (Lipinski definition) is 8. The minimum Gasteiger partial charge on any atom is -0.481 e. The first-order valence-electron chi connectivity index (χ1n) is 12.5. The van der Waals surface area contributed by atoms with Gasteiger partial charge in [0.2, 0.25) is 11.8 Å². The molecule has 0 bridgehead atoms. The Morgan fingerprint density at radius 1 is 0.600 bits per heavy atom. The standard InChI is InChI=1S/C19H39N5O8.2C2H4O2/c1-21(3-2-20-14-17(29)23(6-10-25)7-11-26)4-5-22(16-19(31)32)15-18(30)24(8-12-27)9-13-28;2*1-2(3)4/h20,25-28H,2-16H2,1H3,(H,31,32);2*1H3,(H,3,4). The summed E-state index contributed by atoms with van der Waals surface area (Å²) >= 11 is 0. The first kappa shape index (κ1) is 41.5. The van der Waals surface area contributed by atoms with Gasteiger partial charge < -0.3 is 55.8 Å². The maximum absolute atomic E-state index is 12.4. The highest BCUT2D eigenvalue weighted by Gasteiger charge is 2.19. The third-order valence-electron chi connectivity index (χ3n) is 4.65. The van der Waals surface area contributed by atoms with Gasteiger partial charge in [-0.2, -0.15) is 0 Å². The number of carbonyl (C=O) groups excluding carboxylic acids is 2. The number of rotatable bonds is 20. The number of amides is 2. The second-order valence-corrected chi connectivity index (χ2v) is 8.28. The topological polar surface area (TPSA) is 252 Å². The molecular weight excluding hydrogens is 538 g/mol. The van der Waals surface area contributed by atoms with Crippen molar-refractivity contribution in [2.75, 3.05) is 105 Å². The summed E-state index contributed by atoms with van der Waals surface area (Å²) in [5.74, 6) is -3.32. The number of likely N-dealkylation sites (N-methyl/N-ethyl adjacent to an activating group) is 1. The van der Waals surface area contributed by atoms with E-state index < -0.39 is 17.9 Å². The van der Waals surface area contributed by atoms with Crippen molar-refractivity contribution in [3.63, 3.8) is 0 Å². The molecule has 17 heteroatoms. The third-order valence-corrected chi connectivity index (χ3v) is 4.65. The summed E-state index contributed by atoms with van der Waals surface area (Å²) in [6, 6.07) is 0. The van der Waals surface area contributed by atoms with Gasteiger partial charge in [-0.15, -0.1) is 0 Å². The Hall–Kier alpha value is -2.93. The molecule has 0 aromatic rings. The molecule has 0 spiro atoms. The summed E-state index contributed by atoms with van der Waals surface area (Å²) in [4.78, 5) is 59.6. The first-order valence-corrected chi connectivity index (χ1v) is 12.5. The molecule has 0 saturated heterocycles. The first-order chi connectivity index (χ1) is 18.7. The van der Waals surface area contributed by atoms with Crippen LogP contribution >= 0.6 is 0 Å². The molecule has 40 heavy (non-hydrogen) atoms. The van der Waals surface area contributed by atoms with Gasteiger partial charge in [-0.1, -0.05) is 0 Å². The van der Waals surface area contributed by atoms with Gasteiger partial charge in [-0.25, -0.2) is 0 Å². The monoisotopic (exact) mass is 585 g/mol. The number of aliphatic hydroxyl groups is 4. The second kappa shape index (κ2) is 27.6. The average molecular weight is 586 g/mol. The van der Waals surface area contributed by atoms with E-state index in [2.05, 4.69) is 5.32 Å². The highest BCUT2D eigenvalue weighted by molar-refractivity contribution is 5.79. The quantitative estimate of drug-likeness (QED) is 0.0629. The molecule has 17 nitrogen and oxygen atoms in total. The highest BCUT2D eigenvalue weighted by atomic mass is 16.4. The molecule has 0 atom stereocenters. The average Bonchev–Trinajstić information content (AvgIpc) is 2.83. The van der Waals surface area contributed by atoms with Gasteiger partial charge in [0.05, 0.1) is 46.1 Å². The van der Waals surface area contributed by atoms with E-state index in [-0.39, 0.29) is 84.1 Å². The number of nitrogens with zero attached hydrogens (tertiary/aromatic N) is 4. The molecule has 0 aliphatic carbocycles. The molecular formula is C23H47N5O12. The summed E-state index contributed by atoms with van der Waals surface area (Å²) in [5.41, 5.74) is 0. The van der Waals surface area contributed by atoms with Crippen molar-refractivity contribution in [2.24, 2.45) is 0 Å². The molecule has 0 unspecified atom stereocenters. The number of carboxylic acid groups (broad SMARTS) is 3. The van der Waals surface area contributed by atoms with Crippen LogP contribution in [-0.4, -0.2) is 191 Å². The summed E-state index contributed by atoms with van der Waals surface area (Å²) in [6.07, 6.45) is 0. The maximum atomic E-state index is 12.4. The van der Waals surface area contributed by atoms with E-state index >= 15 is 0 Å². The van der Waals surface area contributed by atoms with Crippen LogP contribution in [0.3, 0.4) is 0 Å². The van der Waals surface area contributed by atoms with Crippen LogP contribution in [-0.2, 0) is 24.0 Å². The highest BCUT2D eigenvalue weighted by Crippen LogP contribution is 1.97. The fourth-order valence-corrected chi connectivity index (χ4v) is 2.90. The largest absolute Gasteiger partial charge is 0.481 e. The number of aliphatic hydroxyl groups excluding tert-OH is 4. The molecule has 236 valence electrons. The van der Waals surface area contributed by atoms with Crippen LogP contribution in [0.25, 0.3) is 0 Å². The predicted molar refractivity (Wildman–Crippen MR) is 143 cm³/mol. The van der Waals surface area contributed by atoms with Crippen molar-refractivity contribution in [2.45, 2.75) is 13.8 Å². The molecule has 0 heterocycles. The number of carbonyl (C=O) groups is 5. The zero-order chi connectivity index (χ0) is 31.5. The molecule has 0 saturated carbocycles. The Balaban J connectivity index is -0.00000150. The summed E-state index contributed by atoms with van der Waals surface area (Å²) in [6.45, 7) is 3.25. The Kier molecular flexibility index (Phi) is 28.7. The van der Waals surface area contributed by atoms with Crippen LogP contribution in [0, 0.1) is 0 Å². The van der Waals surface area contributed by atoms with Crippen molar-refractivity contribution in [1.82, 2.24) is 24.9 Å². The molecule has 0 aromatic heterocycles. The molecule has 0 rings (SSSR count). The van der Waals surface area contributed by atoms with Crippen molar-refractivity contribution in [1.29, 1.82) is 0 Å². The van der Waals surface area contributed by atoms with E-state index in [9.17, 15) is 14.4 Å². The Morgan fingerprint density at radius 2 is 1.00 bits per heavy atom. The van der Waals surface area contributed by atoms with Gasteiger partial charge in [-0.3, -0.25) is 28.9 Å². The van der Waals surface area contributed by atoms with Crippen LogP contribution in [0.5, 0.6) is 0 Å². The van der Waals surface area contributed by atoms with E-state index in [1.807, 2.05) is 11.9 Å². The van der Waals surface area contributed by atoms with Crippen LogP contribution in [0.2, 0.25) is 0 Å². The van der Waals surface area contributed by atoms with Gasteiger partial charge in [0.15, 0.2) is 0 Å². The van der Waals surface area contributed by atoms with E-state index in [1.165, 1.54) is 14.7 Å². The Bertz CT molecular complexity index is 682. The number of aliphatic carboxylic acids is 3. The van der Waals surface area contributed by atoms with Crippen LogP contribution < -0.4 is 5.32 Å². The van der Waals surface area contributed by atoms with Crippen molar-refractivity contribution in [3.05, 3.63) is 0 Å². The summed E-state index contributed by atoms with van der Waals surface area (Å²) < 4.78 is 0. The lowest BCUT2D eigenvalue weighted by Crippen LogP contribution is -2.46. The SMILES string of the molecule is CC(=O)O.CC(=O)O.CN(CCNCC(=O)N(CCO)CCO)CCN(CC(=O)O)CC(=O)N(CCO)CCO. The molecule has 2 amide bonds. The lowest BCUT2D eigenvalue weighted by Gasteiger charge is -2.27. The smallest absolute Gasteiger partial charge is 0.317 e. The predicted octanol–water partition coefficient (Wildman–Crippen LogP) is -4.30. The number of hydrogen-bond acceptors (Lipinski definition) is 12. The molecule has 0 aliphatic rings. The van der Waals surface area contributed by atoms with Gasteiger partial charge in [0.25, 0.3) is 11.9 Å². The van der Waals surface area contributed by atoms with Crippen LogP contribution in [0.1, 0.15) is 13.8 Å². The van der Waals surface area contributed by atoms with E-state index in [0.717, 1.165) is 13.8 Å². The van der Waals surface area contributed by atoms with Crippen LogP contribution in [0.4, 0.5) is 0 Å². The summed E-state index contributed by atoms with van der Waals surface area (Å²) in [7, 11) is 1.83. The number of nitrogens with one attached hydrogen (secondary N) is 1. The lowest BCUT2D eigenvalue weighted by atomic mass is 10.3. The molecule has 0 fully saturated rings. The fraction of sp³-hybridized carbons (Fsp3) is 0.783. The zero-order valence-electron chi connectivity index (χ0n) is 23.6. The molecule has 8 N–H and O–H groups in total. The molecule has 0 aliphatic heterocycles. The van der Waals surface area contributed by atoms with Crippen molar-refractivity contribution < 1.29 is 59.7 Å². The lowest BCUT2D eigenvalue weighted by molar-refractivity contribution is -0.140. The third kappa shape index (κ3) is 29.6. The minimum absolute atomic E-state index is 0.0681. The van der Waals surface area contributed by atoms with E-state index in [0.29, 0.717) is 26.2 Å². The van der Waals surface area contributed by atoms with E-state index in [1.54, 1.807) is 0 Å². The fourth-order valence-electron chi connectivity index (χ4n) is 2.90. The van der Waals surface area contributed by atoms with Crippen LogP contribution in [0.15, 0.2) is 0 Å². The van der Waals surface area contributed by atoms with E-state index in [4.69, 9.17) is 45.3 Å². The summed E-state index contributed by atoms with van der Waals surface area (Å²) in [5, 5.41) is 63.0. The van der Waals surface area contributed by atoms with Crippen molar-refractivity contribution >= 4 is 29.7 Å². The van der Waals surface area contributed by atoms with Gasteiger partial charge >= 0.3 is 5.97 Å². The minimum atomic E-state index is -1.06. The Labute approximate surface area is 234 Å². The molecule has 0 radical (unpaired) electrons.